The molecule has 1 fully saturated rings. The van der Waals surface area contributed by atoms with Crippen LogP contribution in [0.5, 0.6) is 0 Å². The number of hydrogen-bond donors (Lipinski definition) is 2. The minimum absolute atomic E-state index is 0.162. The fourth-order valence-corrected chi connectivity index (χ4v) is 2.97. The van der Waals surface area contributed by atoms with Crippen LogP contribution in [-0.4, -0.2) is 17.9 Å². The third-order valence-corrected chi connectivity index (χ3v) is 4.30. The van der Waals surface area contributed by atoms with Gasteiger partial charge in [0.25, 0.3) is 11.8 Å². The van der Waals surface area contributed by atoms with Gasteiger partial charge < -0.3 is 15.1 Å². The average Bonchev–Trinajstić information content (AvgIpc) is 3.16. The molecule has 1 aliphatic rings. The van der Waals surface area contributed by atoms with Gasteiger partial charge in [-0.1, -0.05) is 37.5 Å². The fourth-order valence-electron chi connectivity index (χ4n) is 2.97. The molecule has 1 aromatic carbocycles. The summed E-state index contributed by atoms with van der Waals surface area (Å²) in [6.45, 7) is 0. The molecule has 0 unspecified atom stereocenters. The predicted molar refractivity (Wildman–Crippen MR) is 95.6 cm³/mol. The molecule has 1 aromatic heterocycles. The first-order valence-corrected chi connectivity index (χ1v) is 8.65. The number of benzene rings is 1. The number of rotatable bonds is 5. The predicted octanol–water partition coefficient (Wildman–Crippen LogP) is 3.50. The summed E-state index contributed by atoms with van der Waals surface area (Å²) in [5.41, 5.74) is 0.688. The molecule has 1 saturated carbocycles. The van der Waals surface area contributed by atoms with Gasteiger partial charge in [-0.3, -0.25) is 9.59 Å². The molecular weight excluding hydrogens is 316 g/mol. The molecule has 3 rings (SSSR count). The lowest BCUT2D eigenvalue weighted by Gasteiger charge is -2.23. The van der Waals surface area contributed by atoms with Crippen LogP contribution in [0.1, 0.15) is 48.2 Å². The monoisotopic (exact) mass is 338 g/mol. The second kappa shape index (κ2) is 8.33. The highest BCUT2D eigenvalue weighted by Gasteiger charge is 2.20. The Morgan fingerprint density at radius 2 is 1.76 bits per heavy atom. The van der Waals surface area contributed by atoms with E-state index in [9.17, 15) is 9.59 Å². The van der Waals surface area contributed by atoms with Crippen LogP contribution >= 0.6 is 0 Å². The van der Waals surface area contributed by atoms with Crippen molar-refractivity contribution in [1.82, 2.24) is 10.6 Å². The molecule has 2 aromatic rings. The van der Waals surface area contributed by atoms with Gasteiger partial charge in [0.2, 0.25) is 0 Å². The standard InChI is InChI=1S/C20H22N2O3/c23-19(15-8-3-1-4-9-15)22-18(14-17-12-7-13-25-17)20(24)21-16-10-5-2-6-11-16/h1,3-4,7-9,12-14,16H,2,5-6,10-11H2,(H,21,24)(H,22,23)/b18-14-. The lowest BCUT2D eigenvalue weighted by Crippen LogP contribution is -2.41. The van der Waals surface area contributed by atoms with Crippen LogP contribution in [0.2, 0.25) is 0 Å². The van der Waals surface area contributed by atoms with Gasteiger partial charge in [-0.15, -0.1) is 0 Å². The number of nitrogens with one attached hydrogen (secondary N) is 2. The Balaban J connectivity index is 1.75. The summed E-state index contributed by atoms with van der Waals surface area (Å²) in [4.78, 5) is 25.1. The Morgan fingerprint density at radius 1 is 1.00 bits per heavy atom. The number of carbonyl (C=O) groups excluding carboxylic acids is 2. The zero-order chi connectivity index (χ0) is 17.5. The zero-order valence-electron chi connectivity index (χ0n) is 14.0. The van der Waals surface area contributed by atoms with Gasteiger partial charge in [0, 0.05) is 17.7 Å². The summed E-state index contributed by atoms with van der Waals surface area (Å²) in [5, 5.41) is 5.74. The summed E-state index contributed by atoms with van der Waals surface area (Å²) in [6.07, 6.45) is 8.50. The van der Waals surface area contributed by atoms with E-state index in [0.717, 1.165) is 25.7 Å². The van der Waals surface area contributed by atoms with E-state index in [1.807, 2.05) is 6.07 Å². The maximum Gasteiger partial charge on any atom is 0.268 e. The Hall–Kier alpha value is -2.82. The molecule has 2 N–H and O–H groups in total. The third kappa shape index (κ3) is 4.83. The molecule has 0 spiro atoms. The maximum atomic E-state index is 12.7. The minimum Gasteiger partial charge on any atom is -0.465 e. The molecule has 0 atom stereocenters. The van der Waals surface area contributed by atoms with Gasteiger partial charge in [-0.05, 0) is 37.1 Å². The first-order chi connectivity index (χ1) is 12.2. The largest absolute Gasteiger partial charge is 0.465 e. The molecule has 5 heteroatoms. The molecule has 1 aliphatic carbocycles. The van der Waals surface area contributed by atoms with Crippen LogP contribution < -0.4 is 10.6 Å². The van der Waals surface area contributed by atoms with Crippen molar-refractivity contribution in [2.24, 2.45) is 0 Å². The van der Waals surface area contributed by atoms with Crippen LogP contribution in [0.4, 0.5) is 0 Å². The lowest BCUT2D eigenvalue weighted by molar-refractivity contribution is -0.118. The van der Waals surface area contributed by atoms with Gasteiger partial charge in [-0.2, -0.15) is 0 Å². The van der Waals surface area contributed by atoms with Crippen molar-refractivity contribution >= 4 is 17.9 Å². The van der Waals surface area contributed by atoms with Crippen molar-refractivity contribution in [3.8, 4) is 0 Å². The van der Waals surface area contributed by atoms with E-state index >= 15 is 0 Å². The van der Waals surface area contributed by atoms with Crippen molar-refractivity contribution in [2.45, 2.75) is 38.1 Å². The Bertz CT molecular complexity index is 730. The van der Waals surface area contributed by atoms with E-state index in [1.165, 1.54) is 12.7 Å². The molecule has 130 valence electrons. The first kappa shape index (κ1) is 17.0. The van der Waals surface area contributed by atoms with E-state index < -0.39 is 0 Å². The molecule has 5 nitrogen and oxygen atoms in total. The molecule has 25 heavy (non-hydrogen) atoms. The zero-order valence-corrected chi connectivity index (χ0v) is 14.0. The third-order valence-electron chi connectivity index (χ3n) is 4.30. The van der Waals surface area contributed by atoms with Crippen LogP contribution in [0.25, 0.3) is 6.08 Å². The van der Waals surface area contributed by atoms with Crippen LogP contribution in [0.3, 0.4) is 0 Å². The number of furan rings is 1. The van der Waals surface area contributed by atoms with Gasteiger partial charge in [-0.25, -0.2) is 0 Å². The van der Waals surface area contributed by atoms with E-state index in [0.29, 0.717) is 11.3 Å². The molecular formula is C20H22N2O3. The van der Waals surface area contributed by atoms with E-state index in [2.05, 4.69) is 10.6 Å². The summed E-state index contributed by atoms with van der Waals surface area (Å²) in [6, 6.07) is 12.5. The average molecular weight is 338 g/mol. The second-order valence-electron chi connectivity index (χ2n) is 6.20. The van der Waals surface area contributed by atoms with Crippen molar-refractivity contribution in [3.63, 3.8) is 0 Å². The smallest absolute Gasteiger partial charge is 0.268 e. The second-order valence-corrected chi connectivity index (χ2v) is 6.20. The number of carbonyl (C=O) groups is 2. The van der Waals surface area contributed by atoms with Crippen LogP contribution in [-0.2, 0) is 4.79 Å². The molecule has 0 radical (unpaired) electrons. The van der Waals surface area contributed by atoms with E-state index in [1.54, 1.807) is 42.5 Å². The van der Waals surface area contributed by atoms with Crippen molar-refractivity contribution in [1.29, 1.82) is 0 Å². The molecule has 0 saturated heterocycles. The van der Waals surface area contributed by atoms with Crippen LogP contribution in [0, 0.1) is 0 Å². The number of amides is 2. The van der Waals surface area contributed by atoms with Gasteiger partial charge >= 0.3 is 0 Å². The van der Waals surface area contributed by atoms with Gasteiger partial charge in [0.15, 0.2) is 0 Å². The van der Waals surface area contributed by atoms with Crippen molar-refractivity contribution in [2.75, 3.05) is 0 Å². The van der Waals surface area contributed by atoms with Crippen molar-refractivity contribution < 1.29 is 14.0 Å². The summed E-state index contributed by atoms with van der Waals surface area (Å²) >= 11 is 0. The molecule has 2 amide bonds. The summed E-state index contributed by atoms with van der Waals surface area (Å²) < 4.78 is 5.28. The summed E-state index contributed by atoms with van der Waals surface area (Å²) in [5.74, 6) is -0.0908. The maximum absolute atomic E-state index is 12.7. The van der Waals surface area contributed by atoms with Gasteiger partial charge in [0.05, 0.1) is 6.26 Å². The molecule has 0 bridgehead atoms. The Kier molecular flexibility index (Phi) is 5.67. The Morgan fingerprint density at radius 3 is 2.44 bits per heavy atom. The fraction of sp³-hybridized carbons (Fsp3) is 0.300. The number of hydrogen-bond acceptors (Lipinski definition) is 3. The highest BCUT2D eigenvalue weighted by atomic mass is 16.3. The van der Waals surface area contributed by atoms with E-state index in [4.69, 9.17) is 4.42 Å². The topological polar surface area (TPSA) is 71.3 Å². The SMILES string of the molecule is O=C(NC1CCCCC1)/C(=C/c1ccco1)NC(=O)c1ccccc1. The van der Waals surface area contributed by atoms with Crippen LogP contribution in [0.15, 0.2) is 58.8 Å². The lowest BCUT2D eigenvalue weighted by atomic mass is 9.95. The summed E-state index contributed by atoms with van der Waals surface area (Å²) in [7, 11) is 0. The normalized spacial score (nSPS) is 15.6. The molecule has 0 aliphatic heterocycles. The minimum atomic E-state index is -0.322. The van der Waals surface area contributed by atoms with Crippen molar-refractivity contribution in [3.05, 3.63) is 65.7 Å². The van der Waals surface area contributed by atoms with E-state index in [-0.39, 0.29) is 23.6 Å². The quantitative estimate of drug-likeness (QED) is 0.820. The highest BCUT2D eigenvalue weighted by Crippen LogP contribution is 2.18. The Labute approximate surface area is 147 Å². The molecule has 1 heterocycles. The van der Waals surface area contributed by atoms with Gasteiger partial charge in [0.1, 0.15) is 11.5 Å². The highest BCUT2D eigenvalue weighted by molar-refractivity contribution is 6.05. The first-order valence-electron chi connectivity index (χ1n) is 8.65.